The largest absolute Gasteiger partial charge is 0.497 e. The minimum absolute atomic E-state index is 0.0243. The second-order valence-corrected chi connectivity index (χ2v) is 7.72. The fourth-order valence-corrected chi connectivity index (χ4v) is 4.00. The Balaban J connectivity index is 1.48. The van der Waals surface area contributed by atoms with E-state index in [-0.39, 0.29) is 24.3 Å². The molecule has 0 radical (unpaired) electrons. The first-order valence-electron chi connectivity index (χ1n) is 10.5. The van der Waals surface area contributed by atoms with Crippen molar-refractivity contribution in [3.05, 3.63) is 90.0 Å². The summed E-state index contributed by atoms with van der Waals surface area (Å²) in [5.74, 6) is 0.536. The number of hydrazone groups is 1. The number of carbonyl (C=O) groups is 1. The zero-order valence-electron chi connectivity index (χ0n) is 17.9. The Morgan fingerprint density at radius 2 is 1.91 bits per heavy atom. The lowest BCUT2D eigenvalue weighted by Crippen LogP contribution is -2.30. The van der Waals surface area contributed by atoms with Crippen LogP contribution in [-0.4, -0.2) is 38.5 Å². The highest BCUT2D eigenvalue weighted by Crippen LogP contribution is 2.34. The molecule has 0 saturated carbocycles. The normalized spacial score (nSPS) is 15.3. The molecule has 8 heteroatoms. The van der Waals surface area contributed by atoms with Crippen molar-refractivity contribution in [1.82, 2.24) is 19.8 Å². The Morgan fingerprint density at radius 3 is 2.64 bits per heavy atom. The topological polar surface area (TPSA) is 96.4 Å². The summed E-state index contributed by atoms with van der Waals surface area (Å²) in [6.45, 7) is -0.0597. The van der Waals surface area contributed by atoms with Crippen LogP contribution in [-0.2, 0) is 11.3 Å². The predicted octanol–water partition coefficient (Wildman–Crippen LogP) is 3.69. The minimum atomic E-state index is -0.260. The van der Waals surface area contributed by atoms with Crippen LogP contribution in [0.4, 0.5) is 0 Å². The van der Waals surface area contributed by atoms with Crippen LogP contribution in [0.3, 0.4) is 0 Å². The fourth-order valence-electron chi connectivity index (χ4n) is 4.00. The molecule has 1 atom stereocenters. The van der Waals surface area contributed by atoms with Crippen LogP contribution in [0.1, 0.15) is 29.4 Å². The van der Waals surface area contributed by atoms with E-state index in [2.05, 4.69) is 34.3 Å². The molecule has 1 aliphatic rings. The fraction of sp³-hybridized carbons (Fsp3) is 0.160. The van der Waals surface area contributed by atoms with Gasteiger partial charge in [-0.3, -0.25) is 4.79 Å². The molecule has 2 heterocycles. The third kappa shape index (κ3) is 4.04. The van der Waals surface area contributed by atoms with Gasteiger partial charge in [0.1, 0.15) is 24.7 Å². The summed E-state index contributed by atoms with van der Waals surface area (Å²) in [6, 6.07) is 23.6. The van der Waals surface area contributed by atoms with Crippen molar-refractivity contribution in [2.24, 2.45) is 5.10 Å². The summed E-state index contributed by atoms with van der Waals surface area (Å²) < 4.78 is 6.63. The molecule has 4 aromatic rings. The molecule has 162 valence electrons. The van der Waals surface area contributed by atoms with Gasteiger partial charge in [-0.1, -0.05) is 48.5 Å². The third-order valence-electron chi connectivity index (χ3n) is 5.68. The van der Waals surface area contributed by atoms with Crippen molar-refractivity contribution in [2.45, 2.75) is 19.0 Å². The second-order valence-electron chi connectivity index (χ2n) is 7.72. The first-order valence-corrected chi connectivity index (χ1v) is 10.5. The van der Waals surface area contributed by atoms with E-state index < -0.39 is 0 Å². The number of benzene rings is 3. The smallest absolute Gasteiger partial charge is 0.265 e. The molecular weight excluding hydrogens is 416 g/mol. The molecule has 3 aromatic carbocycles. The molecule has 5 rings (SSSR count). The molecule has 0 N–H and O–H groups in total. The lowest BCUT2D eigenvalue weighted by atomic mass is 9.97. The number of fused-ring (bicyclic) bond motifs is 1. The quantitative estimate of drug-likeness (QED) is 0.475. The highest BCUT2D eigenvalue weighted by molar-refractivity contribution is 6.05. The number of hydrogen-bond acceptors (Lipinski definition) is 6. The number of methoxy groups -OCH3 is 1. The summed E-state index contributed by atoms with van der Waals surface area (Å²) >= 11 is 0. The van der Waals surface area contributed by atoms with Gasteiger partial charge in [0.25, 0.3) is 11.7 Å². The Kier molecular flexibility index (Phi) is 5.29. The first-order chi connectivity index (χ1) is 16.1. The summed E-state index contributed by atoms with van der Waals surface area (Å²) in [6.07, 6.45) is 1.96. The van der Waals surface area contributed by atoms with E-state index in [1.807, 2.05) is 48.5 Å². The zero-order chi connectivity index (χ0) is 22.8. The molecule has 8 nitrogen and oxygen atoms in total. The van der Waals surface area contributed by atoms with Crippen LogP contribution in [0.15, 0.2) is 78.2 Å². The number of nitrogens with zero attached hydrogens (tertiary/aromatic N) is 6. The van der Waals surface area contributed by atoms with Gasteiger partial charge in [0, 0.05) is 6.42 Å². The number of carbonyl (C=O) groups excluding carboxylic acids is 1. The van der Waals surface area contributed by atoms with Gasteiger partial charge in [-0.15, -0.1) is 5.10 Å². The standard InChI is InChI=1S/C25H20N6O2/c1-33-21-10-8-18(9-11-21)23-13-22(20-7-6-17-4-2-3-5-19(17)12-20)28-31(23)25(32)15-30-16-27-24(14-26)29-30/h2-12,16,23H,13,15H2,1H3/t23-/m0/s1. The van der Waals surface area contributed by atoms with Crippen LogP contribution < -0.4 is 4.74 Å². The molecule has 0 fully saturated rings. The van der Waals surface area contributed by atoms with Crippen LogP contribution >= 0.6 is 0 Å². The number of rotatable bonds is 5. The van der Waals surface area contributed by atoms with E-state index in [1.165, 1.54) is 16.0 Å². The van der Waals surface area contributed by atoms with E-state index in [4.69, 9.17) is 15.1 Å². The van der Waals surface area contributed by atoms with Gasteiger partial charge in [-0.2, -0.15) is 10.4 Å². The molecule has 0 aliphatic carbocycles. The summed E-state index contributed by atoms with van der Waals surface area (Å²) in [5.41, 5.74) is 2.78. The Morgan fingerprint density at radius 1 is 1.12 bits per heavy atom. The van der Waals surface area contributed by atoms with Gasteiger partial charge in [0.15, 0.2) is 0 Å². The van der Waals surface area contributed by atoms with E-state index in [0.29, 0.717) is 6.42 Å². The van der Waals surface area contributed by atoms with Crippen LogP contribution in [0, 0.1) is 11.3 Å². The first kappa shape index (κ1) is 20.4. The summed E-state index contributed by atoms with van der Waals surface area (Å²) in [7, 11) is 1.62. The van der Waals surface area contributed by atoms with Gasteiger partial charge in [-0.05, 0) is 40.1 Å². The van der Waals surface area contributed by atoms with Gasteiger partial charge in [-0.25, -0.2) is 14.7 Å². The van der Waals surface area contributed by atoms with Crippen molar-refractivity contribution >= 4 is 22.4 Å². The molecule has 1 aromatic heterocycles. The van der Waals surface area contributed by atoms with E-state index in [1.54, 1.807) is 7.11 Å². The van der Waals surface area contributed by atoms with Crippen molar-refractivity contribution in [1.29, 1.82) is 5.26 Å². The van der Waals surface area contributed by atoms with E-state index >= 15 is 0 Å². The van der Waals surface area contributed by atoms with E-state index in [0.717, 1.165) is 33.4 Å². The van der Waals surface area contributed by atoms with Gasteiger partial charge in [0.2, 0.25) is 0 Å². The Bertz CT molecular complexity index is 1400. The molecule has 33 heavy (non-hydrogen) atoms. The van der Waals surface area contributed by atoms with Gasteiger partial charge < -0.3 is 4.74 Å². The Labute approximate surface area is 190 Å². The molecule has 0 unspecified atom stereocenters. The molecule has 1 amide bonds. The second kappa shape index (κ2) is 8.55. The average Bonchev–Trinajstić information content (AvgIpc) is 3.51. The van der Waals surface area contributed by atoms with Gasteiger partial charge >= 0.3 is 0 Å². The maximum atomic E-state index is 13.2. The van der Waals surface area contributed by atoms with Crippen molar-refractivity contribution in [3.8, 4) is 11.8 Å². The molecule has 0 spiro atoms. The molecule has 0 saturated heterocycles. The predicted molar refractivity (Wildman–Crippen MR) is 122 cm³/mol. The molecular formula is C25H20N6O2. The third-order valence-corrected chi connectivity index (χ3v) is 5.68. The summed E-state index contributed by atoms with van der Waals surface area (Å²) in [4.78, 5) is 17.1. The van der Waals surface area contributed by atoms with E-state index in [9.17, 15) is 4.79 Å². The Hall–Kier alpha value is -4.51. The van der Waals surface area contributed by atoms with Gasteiger partial charge in [0.05, 0.1) is 18.9 Å². The summed E-state index contributed by atoms with van der Waals surface area (Å²) in [5, 5.41) is 21.5. The SMILES string of the molecule is COc1ccc([C@@H]2CC(c3ccc4ccccc4c3)=NN2C(=O)Cn2cnc(C#N)n2)cc1. The van der Waals surface area contributed by atoms with Crippen LogP contribution in [0.5, 0.6) is 5.75 Å². The highest BCUT2D eigenvalue weighted by Gasteiger charge is 2.33. The number of aromatic nitrogens is 3. The van der Waals surface area contributed by atoms with Crippen LogP contribution in [0.2, 0.25) is 0 Å². The van der Waals surface area contributed by atoms with Crippen molar-refractivity contribution in [3.63, 3.8) is 0 Å². The average molecular weight is 436 g/mol. The number of hydrogen-bond donors (Lipinski definition) is 0. The molecule has 1 aliphatic heterocycles. The van der Waals surface area contributed by atoms with Crippen LogP contribution in [0.25, 0.3) is 10.8 Å². The number of nitriles is 1. The highest BCUT2D eigenvalue weighted by atomic mass is 16.5. The molecule has 0 bridgehead atoms. The lowest BCUT2D eigenvalue weighted by Gasteiger charge is -2.22. The zero-order valence-corrected chi connectivity index (χ0v) is 17.9. The maximum absolute atomic E-state index is 13.2. The monoisotopic (exact) mass is 436 g/mol. The van der Waals surface area contributed by atoms with Crippen molar-refractivity contribution in [2.75, 3.05) is 7.11 Å². The lowest BCUT2D eigenvalue weighted by molar-refractivity contribution is -0.133. The number of ether oxygens (including phenoxy) is 1. The van der Waals surface area contributed by atoms with Crippen molar-refractivity contribution < 1.29 is 9.53 Å². The number of amides is 1. The maximum Gasteiger partial charge on any atom is 0.265 e. The minimum Gasteiger partial charge on any atom is -0.497 e.